The number of rotatable bonds is 2. The zero-order valence-corrected chi connectivity index (χ0v) is 10.7. The summed E-state index contributed by atoms with van der Waals surface area (Å²) in [4.78, 5) is 17.7. The van der Waals surface area contributed by atoms with Crippen LogP contribution in [0.3, 0.4) is 0 Å². The summed E-state index contributed by atoms with van der Waals surface area (Å²) < 4.78 is 5.28. The second-order valence-electron chi connectivity index (χ2n) is 4.88. The van der Waals surface area contributed by atoms with Gasteiger partial charge in [-0.1, -0.05) is 0 Å². The summed E-state index contributed by atoms with van der Waals surface area (Å²) in [6.07, 6.45) is -0.323. The van der Waals surface area contributed by atoms with E-state index in [-0.39, 0.29) is 12.7 Å². The van der Waals surface area contributed by atoms with Gasteiger partial charge in [-0.2, -0.15) is 0 Å². The second kappa shape index (κ2) is 5.86. The van der Waals surface area contributed by atoms with Crippen LogP contribution in [0, 0.1) is 0 Å². The van der Waals surface area contributed by atoms with E-state index < -0.39 is 5.60 Å². The van der Waals surface area contributed by atoms with Gasteiger partial charge in [-0.15, -0.1) is 0 Å². The minimum Gasteiger partial charge on any atom is -0.444 e. The van der Waals surface area contributed by atoms with Crippen molar-refractivity contribution >= 4 is 11.9 Å². The largest absolute Gasteiger partial charge is 0.444 e. The molecular formula is C11H21N3O3. The monoisotopic (exact) mass is 243 g/mol. The second-order valence-corrected chi connectivity index (χ2v) is 4.88. The lowest BCUT2D eigenvalue weighted by Crippen LogP contribution is -2.47. The lowest BCUT2D eigenvalue weighted by molar-refractivity contribution is 0.0276. The topological polar surface area (TPSA) is 74.2 Å². The van der Waals surface area contributed by atoms with Gasteiger partial charge in [0.15, 0.2) is 0 Å². The molecule has 0 aromatic rings. The van der Waals surface area contributed by atoms with Crippen molar-refractivity contribution in [3.8, 4) is 0 Å². The fourth-order valence-corrected chi connectivity index (χ4v) is 1.41. The number of carbonyl (C=O) groups excluding carboxylic acids is 1. The van der Waals surface area contributed by atoms with E-state index in [9.17, 15) is 4.79 Å². The molecule has 0 atom stereocenters. The van der Waals surface area contributed by atoms with Gasteiger partial charge in [-0.25, -0.2) is 4.79 Å². The van der Waals surface area contributed by atoms with Crippen LogP contribution in [0.1, 0.15) is 20.8 Å². The predicted molar refractivity (Wildman–Crippen MR) is 65.2 cm³/mol. The number of amidine groups is 1. The van der Waals surface area contributed by atoms with Crippen LogP contribution in [0.15, 0.2) is 4.99 Å². The zero-order valence-electron chi connectivity index (χ0n) is 10.7. The van der Waals surface area contributed by atoms with Crippen molar-refractivity contribution in [3.63, 3.8) is 0 Å². The van der Waals surface area contributed by atoms with Gasteiger partial charge in [0, 0.05) is 13.1 Å². The Hall–Kier alpha value is -1.30. The molecule has 0 unspecified atom stereocenters. The smallest absolute Gasteiger partial charge is 0.410 e. The van der Waals surface area contributed by atoms with Gasteiger partial charge in [0.05, 0.1) is 19.7 Å². The van der Waals surface area contributed by atoms with Crippen LogP contribution in [0.4, 0.5) is 4.79 Å². The van der Waals surface area contributed by atoms with Crippen molar-refractivity contribution in [1.82, 2.24) is 10.2 Å². The van der Waals surface area contributed by atoms with E-state index in [0.717, 1.165) is 5.84 Å². The quantitative estimate of drug-likeness (QED) is 0.727. The summed E-state index contributed by atoms with van der Waals surface area (Å²) in [5, 5.41) is 11.7. The first-order chi connectivity index (χ1) is 7.92. The van der Waals surface area contributed by atoms with Gasteiger partial charge in [0.1, 0.15) is 11.4 Å². The summed E-state index contributed by atoms with van der Waals surface area (Å²) in [7, 11) is 0. The summed E-state index contributed by atoms with van der Waals surface area (Å²) in [6.45, 7) is 7.56. The first-order valence-corrected chi connectivity index (χ1v) is 5.78. The number of nitrogens with zero attached hydrogens (tertiary/aromatic N) is 2. The highest BCUT2D eigenvalue weighted by atomic mass is 16.6. The molecule has 98 valence electrons. The highest BCUT2D eigenvalue weighted by molar-refractivity contribution is 5.87. The highest BCUT2D eigenvalue weighted by Gasteiger charge is 2.24. The fraction of sp³-hybridized carbons (Fsp3) is 0.818. The molecule has 6 nitrogen and oxygen atoms in total. The summed E-state index contributed by atoms with van der Waals surface area (Å²) >= 11 is 0. The average Bonchev–Trinajstić information content (AvgIpc) is 2.24. The van der Waals surface area contributed by atoms with E-state index >= 15 is 0 Å². The van der Waals surface area contributed by atoms with Crippen LogP contribution >= 0.6 is 0 Å². The van der Waals surface area contributed by atoms with Gasteiger partial charge in [0.2, 0.25) is 0 Å². The van der Waals surface area contributed by atoms with Crippen molar-refractivity contribution in [1.29, 1.82) is 0 Å². The van der Waals surface area contributed by atoms with E-state index in [4.69, 9.17) is 9.84 Å². The van der Waals surface area contributed by atoms with Crippen LogP contribution in [0.2, 0.25) is 0 Å². The highest BCUT2D eigenvalue weighted by Crippen LogP contribution is 2.10. The van der Waals surface area contributed by atoms with Crippen molar-refractivity contribution < 1.29 is 14.6 Å². The molecule has 0 radical (unpaired) electrons. The van der Waals surface area contributed by atoms with Gasteiger partial charge in [-0.3, -0.25) is 9.89 Å². The minimum absolute atomic E-state index is 0.0471. The molecule has 6 heteroatoms. The maximum Gasteiger partial charge on any atom is 0.410 e. The lowest BCUT2D eigenvalue weighted by Gasteiger charge is -2.29. The first-order valence-electron chi connectivity index (χ1n) is 5.78. The van der Waals surface area contributed by atoms with Gasteiger partial charge < -0.3 is 15.2 Å². The van der Waals surface area contributed by atoms with Crippen molar-refractivity contribution in [2.24, 2.45) is 4.99 Å². The lowest BCUT2D eigenvalue weighted by atomic mass is 10.2. The van der Waals surface area contributed by atoms with E-state index in [2.05, 4.69) is 10.3 Å². The molecule has 2 N–H and O–H groups in total. The normalized spacial score (nSPS) is 16.5. The van der Waals surface area contributed by atoms with Crippen LogP contribution in [0.25, 0.3) is 0 Å². The Morgan fingerprint density at radius 3 is 2.88 bits per heavy atom. The summed E-state index contributed by atoms with van der Waals surface area (Å²) in [5.41, 5.74) is -0.482. The van der Waals surface area contributed by atoms with Crippen molar-refractivity contribution in [3.05, 3.63) is 0 Å². The number of ether oxygens (including phenoxy) is 1. The molecule has 1 aliphatic heterocycles. The number of aliphatic hydroxyl groups excluding tert-OH is 1. The molecule has 0 bridgehead atoms. The number of aliphatic imine (C=N–C) groups is 1. The fourth-order valence-electron chi connectivity index (χ4n) is 1.41. The molecule has 0 aromatic heterocycles. The zero-order chi connectivity index (χ0) is 12.9. The Labute approximate surface area is 102 Å². The van der Waals surface area contributed by atoms with Gasteiger partial charge in [-0.05, 0) is 20.8 Å². The molecule has 0 spiro atoms. The molecule has 0 aromatic carbocycles. The molecule has 1 amide bonds. The number of hydrogen-bond acceptors (Lipinski definition) is 5. The van der Waals surface area contributed by atoms with E-state index in [1.807, 2.05) is 20.8 Å². The summed E-state index contributed by atoms with van der Waals surface area (Å²) in [6, 6.07) is 0. The van der Waals surface area contributed by atoms with Crippen LogP contribution in [-0.2, 0) is 4.74 Å². The molecule has 1 heterocycles. The molecule has 17 heavy (non-hydrogen) atoms. The number of carbonyl (C=O) groups is 1. The molecule has 0 fully saturated rings. The Morgan fingerprint density at radius 1 is 1.59 bits per heavy atom. The van der Waals surface area contributed by atoms with Crippen LogP contribution in [0.5, 0.6) is 0 Å². The van der Waals surface area contributed by atoms with E-state index in [0.29, 0.717) is 26.2 Å². The number of aliphatic hydroxyl groups is 1. The number of nitrogens with one attached hydrogen (secondary N) is 1. The maximum absolute atomic E-state index is 11.8. The predicted octanol–water partition coefficient (Wildman–Crippen LogP) is 0.218. The third-order valence-electron chi connectivity index (χ3n) is 2.11. The molecule has 0 saturated heterocycles. The Kier molecular flexibility index (Phi) is 4.74. The third-order valence-corrected chi connectivity index (χ3v) is 2.11. The van der Waals surface area contributed by atoms with Gasteiger partial charge >= 0.3 is 6.09 Å². The Bertz CT molecular complexity index is 297. The maximum atomic E-state index is 11.8. The van der Waals surface area contributed by atoms with Crippen molar-refractivity contribution in [2.75, 3.05) is 32.8 Å². The number of hydrogen-bond donors (Lipinski definition) is 2. The SMILES string of the molecule is CC(C)(C)OC(=O)N1CCN=C(NCCO)C1. The molecule has 1 rings (SSSR count). The van der Waals surface area contributed by atoms with Crippen LogP contribution < -0.4 is 5.32 Å². The standard InChI is InChI=1S/C11H21N3O3/c1-11(2,3)17-10(16)14-6-4-12-9(8-14)13-5-7-15/h15H,4-8H2,1-3H3,(H,12,13). The number of amides is 1. The summed E-state index contributed by atoms with van der Waals surface area (Å²) in [5.74, 6) is 0.719. The first kappa shape index (κ1) is 13.8. The van der Waals surface area contributed by atoms with E-state index in [1.54, 1.807) is 4.90 Å². The molecular weight excluding hydrogens is 222 g/mol. The Balaban J connectivity index is 2.46. The minimum atomic E-state index is -0.482. The van der Waals surface area contributed by atoms with Crippen molar-refractivity contribution in [2.45, 2.75) is 26.4 Å². The van der Waals surface area contributed by atoms with Crippen LogP contribution in [-0.4, -0.2) is 60.3 Å². The molecule has 0 aliphatic carbocycles. The molecule has 0 saturated carbocycles. The van der Waals surface area contributed by atoms with Gasteiger partial charge in [0.25, 0.3) is 0 Å². The molecule has 1 aliphatic rings. The average molecular weight is 243 g/mol. The Morgan fingerprint density at radius 2 is 2.29 bits per heavy atom. The van der Waals surface area contributed by atoms with E-state index in [1.165, 1.54) is 0 Å². The third kappa shape index (κ3) is 5.04.